The molecule has 0 aromatic heterocycles. The number of rotatable bonds is 3. The van der Waals surface area contributed by atoms with Gasteiger partial charge in [-0.3, -0.25) is 0 Å². The Labute approximate surface area is 101 Å². The molecule has 16 heavy (non-hydrogen) atoms. The van der Waals surface area contributed by atoms with E-state index in [1.54, 1.807) is 6.07 Å². The molecule has 0 bridgehead atoms. The Hall–Kier alpha value is -0.485. The molecule has 0 radical (unpaired) electrons. The highest BCUT2D eigenvalue weighted by atomic mass is 32.2. The molecular weight excluding hydrogens is 221 g/mol. The van der Waals surface area contributed by atoms with Gasteiger partial charge in [-0.05, 0) is 38.4 Å². The lowest BCUT2D eigenvalue weighted by atomic mass is 9.89. The van der Waals surface area contributed by atoms with E-state index in [2.05, 4.69) is 0 Å². The van der Waals surface area contributed by atoms with Gasteiger partial charge in [-0.15, -0.1) is 4.31 Å². The van der Waals surface area contributed by atoms with Gasteiger partial charge in [0.05, 0.1) is 16.9 Å². The van der Waals surface area contributed by atoms with E-state index in [4.69, 9.17) is 5.02 Å². The van der Waals surface area contributed by atoms with Crippen molar-refractivity contribution in [2.75, 3.05) is 7.05 Å². The molecular formula is C11H18BNO2S. The molecule has 0 aliphatic heterocycles. The van der Waals surface area contributed by atoms with Crippen molar-refractivity contribution in [3.05, 3.63) is 24.3 Å². The fourth-order valence-electron chi connectivity index (χ4n) is 1.16. The third kappa shape index (κ3) is 3.25. The summed E-state index contributed by atoms with van der Waals surface area (Å²) in [5, 5.41) is 9.03. The maximum Gasteiger partial charge on any atom is 0.304 e. The van der Waals surface area contributed by atoms with Crippen molar-refractivity contribution in [3.8, 4) is 0 Å². The third-order valence-corrected chi connectivity index (χ3v) is 4.18. The van der Waals surface area contributed by atoms with Crippen LogP contribution in [0.25, 0.3) is 0 Å². The van der Waals surface area contributed by atoms with E-state index in [1.807, 2.05) is 50.3 Å². The zero-order valence-corrected chi connectivity index (χ0v) is 11.0. The summed E-state index contributed by atoms with van der Waals surface area (Å²) in [5.74, 6) is 0. The van der Waals surface area contributed by atoms with Crippen molar-refractivity contribution in [3.63, 3.8) is 0 Å². The maximum atomic E-state index is 12.2. The average Bonchev–Trinajstić information content (AvgIpc) is 2.26. The van der Waals surface area contributed by atoms with Gasteiger partial charge < -0.3 is 9.58 Å². The van der Waals surface area contributed by atoms with Gasteiger partial charge in [-0.25, -0.2) is 0 Å². The predicted molar refractivity (Wildman–Crippen MR) is 69.4 cm³/mol. The van der Waals surface area contributed by atoms with Crippen LogP contribution in [0.3, 0.4) is 0 Å². The highest BCUT2D eigenvalue weighted by Gasteiger charge is 2.29. The Morgan fingerprint density at radius 1 is 1.38 bits per heavy atom. The molecule has 1 N–H and O–H groups in total. The van der Waals surface area contributed by atoms with Gasteiger partial charge in [0.2, 0.25) is 0 Å². The van der Waals surface area contributed by atoms with Crippen LogP contribution in [-0.4, -0.2) is 34.0 Å². The third-order valence-electron chi connectivity index (χ3n) is 2.48. The van der Waals surface area contributed by atoms with Gasteiger partial charge in [0.15, 0.2) is 4.90 Å². The summed E-state index contributed by atoms with van der Waals surface area (Å²) < 4.78 is 14.0. The standard InChI is InChI=1S/C11H18BNO2S/c1-11(2,3)13(4)16(15)10-7-5-6-9(8-10)12-14/h5-8,12,14H,1-4H3. The SMILES string of the molecule is CN([S+]([O-])c1cccc(BO)c1)C(C)(C)C. The largest absolute Gasteiger partial charge is 0.593 e. The zero-order chi connectivity index (χ0) is 12.3. The van der Waals surface area contributed by atoms with Gasteiger partial charge >= 0.3 is 7.48 Å². The van der Waals surface area contributed by atoms with Crippen LogP contribution in [0.5, 0.6) is 0 Å². The van der Waals surface area contributed by atoms with Crippen molar-refractivity contribution in [1.29, 1.82) is 0 Å². The van der Waals surface area contributed by atoms with Crippen LogP contribution in [0.2, 0.25) is 0 Å². The van der Waals surface area contributed by atoms with Crippen LogP contribution in [0.4, 0.5) is 0 Å². The summed E-state index contributed by atoms with van der Waals surface area (Å²) in [6, 6.07) is 7.23. The second kappa shape index (κ2) is 5.23. The molecule has 0 aliphatic carbocycles. The summed E-state index contributed by atoms with van der Waals surface area (Å²) in [6.07, 6.45) is 0. The first-order valence-corrected chi connectivity index (χ1v) is 6.32. The molecule has 0 aliphatic rings. The summed E-state index contributed by atoms with van der Waals surface area (Å²) in [4.78, 5) is 0.726. The van der Waals surface area contributed by atoms with Gasteiger partial charge in [0.1, 0.15) is 0 Å². The zero-order valence-electron chi connectivity index (χ0n) is 10.2. The maximum absolute atomic E-state index is 12.2. The minimum Gasteiger partial charge on any atom is -0.593 e. The second-order valence-electron chi connectivity index (χ2n) is 4.72. The number of benzene rings is 1. The van der Waals surface area contributed by atoms with Crippen molar-refractivity contribution in [1.82, 2.24) is 4.31 Å². The van der Waals surface area contributed by atoms with Gasteiger partial charge in [0.25, 0.3) is 0 Å². The smallest absolute Gasteiger partial charge is 0.304 e. The predicted octanol–water partition coefficient (Wildman–Crippen LogP) is 0.409. The summed E-state index contributed by atoms with van der Waals surface area (Å²) in [5.41, 5.74) is 0.633. The fraction of sp³-hybridized carbons (Fsp3) is 0.455. The van der Waals surface area contributed by atoms with Crippen LogP contribution in [0, 0.1) is 0 Å². The van der Waals surface area contributed by atoms with Crippen molar-refractivity contribution < 1.29 is 9.58 Å². The van der Waals surface area contributed by atoms with Crippen molar-refractivity contribution in [2.24, 2.45) is 0 Å². The van der Waals surface area contributed by atoms with E-state index in [-0.39, 0.29) is 13.0 Å². The molecule has 0 saturated heterocycles. The molecule has 0 amide bonds. The molecule has 5 heteroatoms. The van der Waals surface area contributed by atoms with E-state index in [9.17, 15) is 4.55 Å². The van der Waals surface area contributed by atoms with Crippen LogP contribution in [0.1, 0.15) is 20.8 Å². The number of nitrogens with zero attached hydrogens (tertiary/aromatic N) is 1. The normalized spacial score (nSPS) is 13.9. The van der Waals surface area contributed by atoms with Crippen LogP contribution < -0.4 is 5.46 Å². The fourth-order valence-corrected chi connectivity index (χ4v) is 2.42. The van der Waals surface area contributed by atoms with E-state index in [0.717, 1.165) is 10.4 Å². The van der Waals surface area contributed by atoms with E-state index >= 15 is 0 Å². The van der Waals surface area contributed by atoms with Gasteiger partial charge in [-0.1, -0.05) is 12.1 Å². The number of hydrogen-bond acceptors (Lipinski definition) is 3. The first-order chi connectivity index (χ1) is 7.36. The highest BCUT2D eigenvalue weighted by molar-refractivity contribution is 7.89. The van der Waals surface area contributed by atoms with E-state index < -0.39 is 11.4 Å². The van der Waals surface area contributed by atoms with E-state index in [0.29, 0.717) is 0 Å². The topological polar surface area (TPSA) is 46.5 Å². The molecule has 88 valence electrons. The van der Waals surface area contributed by atoms with Crippen LogP contribution >= 0.6 is 0 Å². The minimum atomic E-state index is -1.19. The van der Waals surface area contributed by atoms with Crippen LogP contribution in [-0.2, 0) is 11.4 Å². The molecule has 1 aromatic carbocycles. The Morgan fingerprint density at radius 2 is 2.00 bits per heavy atom. The Bertz CT molecular complexity index is 354. The quantitative estimate of drug-likeness (QED) is 0.613. The molecule has 0 spiro atoms. The second-order valence-corrected chi connectivity index (χ2v) is 6.24. The molecule has 1 aromatic rings. The lowest BCUT2D eigenvalue weighted by molar-refractivity contribution is 0.291. The molecule has 1 atom stereocenters. The van der Waals surface area contributed by atoms with Crippen molar-refractivity contribution >= 4 is 24.3 Å². The Morgan fingerprint density at radius 3 is 2.50 bits per heavy atom. The summed E-state index contributed by atoms with van der Waals surface area (Å²) in [6.45, 7) is 6.04. The van der Waals surface area contributed by atoms with Crippen molar-refractivity contribution in [2.45, 2.75) is 31.2 Å². The Kier molecular flexibility index (Phi) is 4.44. The number of hydrogen-bond donors (Lipinski definition) is 1. The first kappa shape index (κ1) is 13.6. The monoisotopic (exact) mass is 239 g/mol. The molecule has 0 saturated carbocycles. The average molecular weight is 239 g/mol. The highest BCUT2D eigenvalue weighted by Crippen LogP contribution is 2.21. The molecule has 1 unspecified atom stereocenters. The lowest BCUT2D eigenvalue weighted by Gasteiger charge is -2.31. The first-order valence-electron chi connectivity index (χ1n) is 5.22. The molecule has 1 rings (SSSR count). The van der Waals surface area contributed by atoms with E-state index in [1.165, 1.54) is 0 Å². The van der Waals surface area contributed by atoms with Gasteiger partial charge in [0, 0.05) is 7.05 Å². The molecule has 0 fully saturated rings. The minimum absolute atomic E-state index is 0.0235. The van der Waals surface area contributed by atoms with Crippen LogP contribution in [0.15, 0.2) is 29.2 Å². The summed E-state index contributed by atoms with van der Waals surface area (Å²) >= 11 is -1.19. The Balaban J connectivity index is 2.91. The summed E-state index contributed by atoms with van der Waals surface area (Å²) in [7, 11) is 1.81. The lowest BCUT2D eigenvalue weighted by Crippen LogP contribution is -2.42. The van der Waals surface area contributed by atoms with Gasteiger partial charge in [-0.2, -0.15) is 0 Å². The molecule has 3 nitrogen and oxygen atoms in total. The molecule has 0 heterocycles.